The van der Waals surface area contributed by atoms with Crippen LogP contribution in [-0.2, 0) is 0 Å². The highest BCUT2D eigenvalue weighted by molar-refractivity contribution is 5.19. The molecular formula is C11H15FO2. The van der Waals surface area contributed by atoms with E-state index in [2.05, 4.69) is 0 Å². The van der Waals surface area contributed by atoms with Crippen molar-refractivity contribution in [3.8, 4) is 0 Å². The fraction of sp³-hybridized carbons (Fsp3) is 0.455. The van der Waals surface area contributed by atoms with Gasteiger partial charge in [-0.2, -0.15) is 0 Å². The first-order chi connectivity index (χ1) is 6.52. The second-order valence-corrected chi connectivity index (χ2v) is 3.73. The summed E-state index contributed by atoms with van der Waals surface area (Å²) in [5, 5.41) is 19.3. The van der Waals surface area contributed by atoms with Gasteiger partial charge in [-0.05, 0) is 23.6 Å². The third-order valence-electron chi connectivity index (χ3n) is 2.22. The zero-order valence-electron chi connectivity index (χ0n) is 8.31. The lowest BCUT2D eigenvalue weighted by Crippen LogP contribution is -2.23. The van der Waals surface area contributed by atoms with Crippen LogP contribution in [0.1, 0.15) is 25.5 Å². The summed E-state index contributed by atoms with van der Waals surface area (Å²) < 4.78 is 12.6. The minimum atomic E-state index is -0.949. The summed E-state index contributed by atoms with van der Waals surface area (Å²) in [6.45, 7) is 3.63. The number of aliphatic hydroxyl groups excluding tert-OH is 2. The van der Waals surface area contributed by atoms with Crippen molar-refractivity contribution in [2.75, 3.05) is 0 Å². The second kappa shape index (κ2) is 4.53. The Morgan fingerprint density at radius 3 is 2.00 bits per heavy atom. The van der Waals surface area contributed by atoms with Gasteiger partial charge in [-0.25, -0.2) is 4.39 Å². The molecule has 2 N–H and O–H groups in total. The molecule has 0 aliphatic heterocycles. The smallest absolute Gasteiger partial charge is 0.123 e. The van der Waals surface area contributed by atoms with Crippen LogP contribution in [0.4, 0.5) is 4.39 Å². The maximum Gasteiger partial charge on any atom is 0.123 e. The third kappa shape index (κ3) is 2.53. The Balaban J connectivity index is 2.78. The van der Waals surface area contributed by atoms with Gasteiger partial charge in [0.1, 0.15) is 11.9 Å². The van der Waals surface area contributed by atoms with Gasteiger partial charge in [0.25, 0.3) is 0 Å². The molecule has 0 saturated carbocycles. The SMILES string of the molecule is CC(C)C(O)[C@@H](O)c1ccc(F)cc1. The lowest BCUT2D eigenvalue weighted by molar-refractivity contribution is -0.00942. The molecular weight excluding hydrogens is 183 g/mol. The van der Waals surface area contributed by atoms with Crippen molar-refractivity contribution in [2.24, 2.45) is 5.92 Å². The van der Waals surface area contributed by atoms with Gasteiger partial charge in [0.15, 0.2) is 0 Å². The third-order valence-corrected chi connectivity index (χ3v) is 2.22. The number of aliphatic hydroxyl groups is 2. The molecule has 14 heavy (non-hydrogen) atoms. The van der Waals surface area contributed by atoms with E-state index in [0.29, 0.717) is 5.56 Å². The average molecular weight is 198 g/mol. The highest BCUT2D eigenvalue weighted by Crippen LogP contribution is 2.21. The molecule has 1 aromatic carbocycles. The van der Waals surface area contributed by atoms with Gasteiger partial charge in [0, 0.05) is 0 Å². The molecule has 0 fully saturated rings. The normalized spacial score (nSPS) is 15.6. The number of rotatable bonds is 3. The largest absolute Gasteiger partial charge is 0.390 e. The molecule has 1 aromatic rings. The van der Waals surface area contributed by atoms with Crippen molar-refractivity contribution in [2.45, 2.75) is 26.1 Å². The quantitative estimate of drug-likeness (QED) is 0.778. The summed E-state index contributed by atoms with van der Waals surface area (Å²) >= 11 is 0. The van der Waals surface area contributed by atoms with E-state index in [1.807, 2.05) is 13.8 Å². The molecule has 0 heterocycles. The van der Waals surface area contributed by atoms with E-state index < -0.39 is 12.2 Å². The van der Waals surface area contributed by atoms with Crippen molar-refractivity contribution in [3.05, 3.63) is 35.6 Å². The Morgan fingerprint density at radius 2 is 1.57 bits per heavy atom. The van der Waals surface area contributed by atoms with Crippen molar-refractivity contribution in [1.29, 1.82) is 0 Å². The van der Waals surface area contributed by atoms with E-state index in [1.165, 1.54) is 24.3 Å². The molecule has 1 unspecified atom stereocenters. The molecule has 0 aliphatic rings. The number of hydrogen-bond acceptors (Lipinski definition) is 2. The van der Waals surface area contributed by atoms with Gasteiger partial charge in [-0.3, -0.25) is 0 Å². The first kappa shape index (κ1) is 11.1. The Kier molecular flexibility index (Phi) is 3.61. The molecule has 78 valence electrons. The van der Waals surface area contributed by atoms with Gasteiger partial charge >= 0.3 is 0 Å². The maximum atomic E-state index is 12.6. The molecule has 0 aliphatic carbocycles. The Morgan fingerprint density at radius 1 is 1.07 bits per heavy atom. The van der Waals surface area contributed by atoms with Gasteiger partial charge in [-0.1, -0.05) is 26.0 Å². The van der Waals surface area contributed by atoms with E-state index in [0.717, 1.165) is 0 Å². The fourth-order valence-electron chi connectivity index (χ4n) is 1.22. The van der Waals surface area contributed by atoms with E-state index in [9.17, 15) is 14.6 Å². The zero-order valence-corrected chi connectivity index (χ0v) is 8.31. The fourth-order valence-corrected chi connectivity index (χ4v) is 1.22. The van der Waals surface area contributed by atoms with Crippen LogP contribution < -0.4 is 0 Å². The van der Waals surface area contributed by atoms with Gasteiger partial charge in [0.05, 0.1) is 6.10 Å². The molecule has 0 amide bonds. The van der Waals surface area contributed by atoms with Gasteiger partial charge in [-0.15, -0.1) is 0 Å². The minimum Gasteiger partial charge on any atom is -0.390 e. The standard InChI is InChI=1S/C11H15FO2/c1-7(2)10(13)11(14)8-3-5-9(12)6-4-8/h3-7,10-11,13-14H,1-2H3/t10?,11-/m0/s1. The van der Waals surface area contributed by atoms with Crippen LogP contribution in [0.3, 0.4) is 0 Å². The van der Waals surface area contributed by atoms with E-state index in [1.54, 1.807) is 0 Å². The number of hydrogen-bond donors (Lipinski definition) is 2. The molecule has 1 rings (SSSR count). The second-order valence-electron chi connectivity index (χ2n) is 3.73. The van der Waals surface area contributed by atoms with E-state index in [4.69, 9.17) is 0 Å². The molecule has 2 nitrogen and oxygen atoms in total. The minimum absolute atomic E-state index is 0.0324. The predicted molar refractivity (Wildman–Crippen MR) is 52.2 cm³/mol. The molecule has 2 atom stereocenters. The topological polar surface area (TPSA) is 40.5 Å². The Labute approximate surface area is 83.0 Å². The van der Waals surface area contributed by atoms with Gasteiger partial charge in [0.2, 0.25) is 0 Å². The summed E-state index contributed by atoms with van der Waals surface area (Å²) in [6, 6.07) is 5.49. The highest BCUT2D eigenvalue weighted by atomic mass is 19.1. The summed E-state index contributed by atoms with van der Waals surface area (Å²) in [5.74, 6) is -0.380. The van der Waals surface area contributed by atoms with Crippen LogP contribution in [0.5, 0.6) is 0 Å². The van der Waals surface area contributed by atoms with Crippen LogP contribution in [0, 0.1) is 11.7 Å². The highest BCUT2D eigenvalue weighted by Gasteiger charge is 2.21. The van der Waals surface area contributed by atoms with Crippen LogP contribution >= 0.6 is 0 Å². The molecule has 0 spiro atoms. The molecule has 0 bridgehead atoms. The molecule has 3 heteroatoms. The monoisotopic (exact) mass is 198 g/mol. The first-order valence-electron chi connectivity index (χ1n) is 4.64. The van der Waals surface area contributed by atoms with Crippen LogP contribution in [0.25, 0.3) is 0 Å². The first-order valence-corrected chi connectivity index (χ1v) is 4.64. The summed E-state index contributed by atoms with van der Waals surface area (Å²) in [4.78, 5) is 0. The maximum absolute atomic E-state index is 12.6. The average Bonchev–Trinajstić information content (AvgIpc) is 2.16. The molecule has 0 radical (unpaired) electrons. The number of halogens is 1. The summed E-state index contributed by atoms with van der Waals surface area (Å²) in [5.41, 5.74) is 0.535. The lowest BCUT2D eigenvalue weighted by atomic mass is 9.96. The lowest BCUT2D eigenvalue weighted by Gasteiger charge is -2.21. The van der Waals surface area contributed by atoms with E-state index in [-0.39, 0.29) is 11.7 Å². The van der Waals surface area contributed by atoms with Crippen molar-refractivity contribution in [1.82, 2.24) is 0 Å². The molecule has 0 saturated heterocycles. The Hall–Kier alpha value is -0.930. The van der Waals surface area contributed by atoms with Crippen LogP contribution in [-0.4, -0.2) is 16.3 Å². The van der Waals surface area contributed by atoms with Crippen LogP contribution in [0.15, 0.2) is 24.3 Å². The van der Waals surface area contributed by atoms with Gasteiger partial charge < -0.3 is 10.2 Å². The molecule has 0 aromatic heterocycles. The van der Waals surface area contributed by atoms with E-state index >= 15 is 0 Å². The van der Waals surface area contributed by atoms with Crippen molar-refractivity contribution >= 4 is 0 Å². The summed E-state index contributed by atoms with van der Waals surface area (Å²) in [6.07, 6.45) is -1.77. The van der Waals surface area contributed by atoms with Crippen molar-refractivity contribution in [3.63, 3.8) is 0 Å². The van der Waals surface area contributed by atoms with Crippen molar-refractivity contribution < 1.29 is 14.6 Å². The zero-order chi connectivity index (χ0) is 10.7. The van der Waals surface area contributed by atoms with Crippen LogP contribution in [0.2, 0.25) is 0 Å². The predicted octanol–water partition coefficient (Wildman–Crippen LogP) is 1.88. The number of benzene rings is 1. The Bertz CT molecular complexity index is 282. The summed E-state index contributed by atoms with van der Waals surface area (Å²) in [7, 11) is 0.